The summed E-state index contributed by atoms with van der Waals surface area (Å²) in [4.78, 5) is 35.9. The van der Waals surface area contributed by atoms with Crippen LogP contribution in [0.2, 0.25) is 0 Å². The summed E-state index contributed by atoms with van der Waals surface area (Å²) in [5, 5.41) is 5.07. The molecule has 21 heavy (non-hydrogen) atoms. The molecule has 0 aliphatic carbocycles. The summed E-state index contributed by atoms with van der Waals surface area (Å²) in [6, 6.07) is 0. The number of amides is 3. The first-order valence-corrected chi connectivity index (χ1v) is 6.96. The van der Waals surface area contributed by atoms with Gasteiger partial charge in [0.2, 0.25) is 0 Å². The second kappa shape index (κ2) is 9.17. The molecule has 0 bridgehead atoms. The number of nitrogens with one attached hydrogen (secondary N) is 2. The molecule has 2 N–H and O–H groups in total. The quantitative estimate of drug-likeness (QED) is 0.519. The highest BCUT2D eigenvalue weighted by atomic mass is 16.5. The van der Waals surface area contributed by atoms with Crippen molar-refractivity contribution in [1.29, 1.82) is 0 Å². The van der Waals surface area contributed by atoms with Gasteiger partial charge in [0.1, 0.15) is 0 Å². The standard InChI is InChI=1S/C13H23N3O5/c1-20-8-5-14-11(17)12(18)15-9-10-3-6-16(7-4-10)13(19)21-2/h10H,3-9H2,1-2H3,(H,14,17)(H,15,18). The van der Waals surface area contributed by atoms with Crippen LogP contribution in [0.4, 0.5) is 4.79 Å². The highest BCUT2D eigenvalue weighted by Crippen LogP contribution is 2.16. The van der Waals surface area contributed by atoms with Crippen LogP contribution in [0.5, 0.6) is 0 Å². The maximum absolute atomic E-state index is 11.6. The predicted molar refractivity (Wildman–Crippen MR) is 74.6 cm³/mol. The average molecular weight is 301 g/mol. The van der Waals surface area contributed by atoms with Crippen molar-refractivity contribution in [2.75, 3.05) is 47.0 Å². The van der Waals surface area contributed by atoms with Crippen LogP contribution < -0.4 is 10.6 Å². The number of carbonyl (C=O) groups is 3. The lowest BCUT2D eigenvalue weighted by molar-refractivity contribution is -0.139. The first-order chi connectivity index (χ1) is 10.1. The van der Waals surface area contributed by atoms with Gasteiger partial charge in [-0.25, -0.2) is 4.79 Å². The fourth-order valence-corrected chi connectivity index (χ4v) is 2.11. The summed E-state index contributed by atoms with van der Waals surface area (Å²) in [5.41, 5.74) is 0. The normalized spacial score (nSPS) is 15.4. The van der Waals surface area contributed by atoms with E-state index in [1.54, 1.807) is 4.90 Å². The molecular weight excluding hydrogens is 278 g/mol. The van der Waals surface area contributed by atoms with Crippen LogP contribution in [0.1, 0.15) is 12.8 Å². The van der Waals surface area contributed by atoms with Crippen molar-refractivity contribution in [1.82, 2.24) is 15.5 Å². The highest BCUT2D eigenvalue weighted by Gasteiger charge is 2.24. The van der Waals surface area contributed by atoms with E-state index in [4.69, 9.17) is 4.74 Å². The van der Waals surface area contributed by atoms with Gasteiger partial charge >= 0.3 is 17.9 Å². The van der Waals surface area contributed by atoms with E-state index < -0.39 is 11.8 Å². The Morgan fingerprint density at radius 3 is 2.29 bits per heavy atom. The van der Waals surface area contributed by atoms with E-state index in [1.807, 2.05) is 0 Å². The third-order valence-electron chi connectivity index (χ3n) is 3.40. The molecule has 120 valence electrons. The number of hydrogen-bond donors (Lipinski definition) is 2. The Morgan fingerprint density at radius 1 is 1.10 bits per heavy atom. The first kappa shape index (κ1) is 17.2. The summed E-state index contributed by atoms with van der Waals surface area (Å²) in [6.45, 7) is 2.32. The van der Waals surface area contributed by atoms with E-state index in [-0.39, 0.29) is 12.0 Å². The van der Waals surface area contributed by atoms with Crippen LogP contribution in [-0.4, -0.2) is 69.8 Å². The van der Waals surface area contributed by atoms with Gasteiger partial charge in [-0.15, -0.1) is 0 Å². The van der Waals surface area contributed by atoms with Crippen LogP contribution in [0.3, 0.4) is 0 Å². The molecule has 0 radical (unpaired) electrons. The number of nitrogens with zero attached hydrogens (tertiary/aromatic N) is 1. The van der Waals surface area contributed by atoms with Crippen molar-refractivity contribution >= 4 is 17.9 Å². The monoisotopic (exact) mass is 301 g/mol. The first-order valence-electron chi connectivity index (χ1n) is 6.96. The lowest BCUT2D eigenvalue weighted by Gasteiger charge is -2.30. The Morgan fingerprint density at radius 2 is 1.71 bits per heavy atom. The molecular formula is C13H23N3O5. The number of hydrogen-bond acceptors (Lipinski definition) is 5. The third kappa shape index (κ3) is 5.99. The molecule has 0 atom stereocenters. The molecule has 0 spiro atoms. The number of likely N-dealkylation sites (tertiary alicyclic amines) is 1. The summed E-state index contributed by atoms with van der Waals surface area (Å²) in [6.07, 6.45) is 1.23. The molecule has 0 aromatic rings. The molecule has 1 aliphatic heterocycles. The topological polar surface area (TPSA) is 97.0 Å². The molecule has 1 heterocycles. The molecule has 0 unspecified atom stereocenters. The van der Waals surface area contributed by atoms with Crippen molar-refractivity contribution < 1.29 is 23.9 Å². The summed E-state index contributed by atoms with van der Waals surface area (Å²) in [7, 11) is 2.88. The summed E-state index contributed by atoms with van der Waals surface area (Å²) >= 11 is 0. The van der Waals surface area contributed by atoms with E-state index >= 15 is 0 Å². The van der Waals surface area contributed by atoms with Crippen LogP contribution in [-0.2, 0) is 19.1 Å². The minimum Gasteiger partial charge on any atom is -0.453 e. The molecule has 0 aromatic heterocycles. The lowest BCUT2D eigenvalue weighted by atomic mass is 9.97. The van der Waals surface area contributed by atoms with Crippen LogP contribution >= 0.6 is 0 Å². The summed E-state index contributed by atoms with van der Waals surface area (Å²) < 4.78 is 9.43. The molecule has 1 saturated heterocycles. The Kier molecular flexibility index (Phi) is 7.52. The molecule has 8 heteroatoms. The van der Waals surface area contributed by atoms with Gasteiger partial charge < -0.3 is 25.0 Å². The predicted octanol–water partition coefficient (Wildman–Crippen LogP) is -0.656. The van der Waals surface area contributed by atoms with E-state index in [2.05, 4.69) is 15.4 Å². The maximum atomic E-state index is 11.6. The number of methoxy groups -OCH3 is 2. The van der Waals surface area contributed by atoms with Gasteiger partial charge in [-0.3, -0.25) is 9.59 Å². The van der Waals surface area contributed by atoms with Gasteiger partial charge in [-0.2, -0.15) is 0 Å². The van der Waals surface area contributed by atoms with Crippen LogP contribution in [0.25, 0.3) is 0 Å². The Labute approximate surface area is 124 Å². The minimum atomic E-state index is -0.654. The Hall–Kier alpha value is -1.83. The van der Waals surface area contributed by atoms with E-state index in [1.165, 1.54) is 14.2 Å². The number of rotatable bonds is 5. The zero-order valence-electron chi connectivity index (χ0n) is 12.5. The third-order valence-corrected chi connectivity index (χ3v) is 3.40. The average Bonchev–Trinajstić information content (AvgIpc) is 2.52. The molecule has 1 aliphatic rings. The molecule has 3 amide bonds. The highest BCUT2D eigenvalue weighted by molar-refractivity contribution is 6.35. The number of carbonyl (C=O) groups excluding carboxylic acids is 3. The van der Waals surface area contributed by atoms with E-state index in [0.717, 1.165) is 12.8 Å². The fraction of sp³-hybridized carbons (Fsp3) is 0.769. The molecule has 8 nitrogen and oxygen atoms in total. The van der Waals surface area contributed by atoms with Gasteiger partial charge in [0.05, 0.1) is 13.7 Å². The van der Waals surface area contributed by atoms with Crippen molar-refractivity contribution in [3.8, 4) is 0 Å². The van der Waals surface area contributed by atoms with Crippen molar-refractivity contribution in [2.24, 2.45) is 5.92 Å². The molecule has 1 fully saturated rings. The lowest BCUT2D eigenvalue weighted by Crippen LogP contribution is -2.45. The zero-order valence-corrected chi connectivity index (χ0v) is 12.5. The van der Waals surface area contributed by atoms with Crippen molar-refractivity contribution in [3.05, 3.63) is 0 Å². The van der Waals surface area contributed by atoms with E-state index in [9.17, 15) is 14.4 Å². The van der Waals surface area contributed by atoms with Gasteiger partial charge in [0.15, 0.2) is 0 Å². The fourth-order valence-electron chi connectivity index (χ4n) is 2.11. The second-order valence-corrected chi connectivity index (χ2v) is 4.86. The number of ether oxygens (including phenoxy) is 2. The van der Waals surface area contributed by atoms with Gasteiger partial charge in [0.25, 0.3) is 0 Å². The largest absolute Gasteiger partial charge is 0.453 e. The maximum Gasteiger partial charge on any atom is 0.409 e. The van der Waals surface area contributed by atoms with Crippen LogP contribution in [0.15, 0.2) is 0 Å². The Bertz CT molecular complexity index is 367. The van der Waals surface area contributed by atoms with Gasteiger partial charge in [-0.1, -0.05) is 0 Å². The van der Waals surface area contributed by atoms with Gasteiger partial charge in [0, 0.05) is 33.3 Å². The Balaban J connectivity index is 2.20. The SMILES string of the molecule is COCCNC(=O)C(=O)NCC1CCN(C(=O)OC)CC1. The molecule has 0 saturated carbocycles. The smallest absolute Gasteiger partial charge is 0.409 e. The number of piperidine rings is 1. The molecule has 0 aromatic carbocycles. The van der Waals surface area contributed by atoms with Gasteiger partial charge in [-0.05, 0) is 18.8 Å². The second-order valence-electron chi connectivity index (χ2n) is 4.86. The van der Waals surface area contributed by atoms with E-state index in [0.29, 0.717) is 32.8 Å². The van der Waals surface area contributed by atoms with Crippen molar-refractivity contribution in [3.63, 3.8) is 0 Å². The van der Waals surface area contributed by atoms with Crippen molar-refractivity contribution in [2.45, 2.75) is 12.8 Å². The van der Waals surface area contributed by atoms with Crippen LogP contribution in [0, 0.1) is 5.92 Å². The minimum absolute atomic E-state index is 0.265. The summed E-state index contributed by atoms with van der Waals surface area (Å²) in [5.74, 6) is -1.03. The zero-order chi connectivity index (χ0) is 15.7. The molecule has 1 rings (SSSR count).